The van der Waals surface area contributed by atoms with E-state index in [2.05, 4.69) is 10.1 Å². The van der Waals surface area contributed by atoms with Gasteiger partial charge in [-0.3, -0.25) is 14.5 Å². The predicted octanol–water partition coefficient (Wildman–Crippen LogP) is 4.79. The average Bonchev–Trinajstić information content (AvgIpc) is 3.10. The van der Waals surface area contributed by atoms with Gasteiger partial charge in [0, 0.05) is 24.5 Å². The second-order valence-corrected chi connectivity index (χ2v) is 6.62. The monoisotopic (exact) mass is 474 g/mol. The van der Waals surface area contributed by atoms with Gasteiger partial charge < -0.3 is 14.8 Å². The lowest BCUT2D eigenvalue weighted by Crippen LogP contribution is -2.21. The molecule has 0 bridgehead atoms. The highest BCUT2D eigenvalue weighted by Crippen LogP contribution is 2.44. The van der Waals surface area contributed by atoms with Gasteiger partial charge in [-0.2, -0.15) is 31.4 Å². The molecule has 13 heteroatoms. The van der Waals surface area contributed by atoms with Crippen molar-refractivity contribution in [3.63, 3.8) is 0 Å². The van der Waals surface area contributed by atoms with E-state index in [1.165, 1.54) is 32.4 Å². The smallest absolute Gasteiger partial charge is 0.433 e. The molecule has 0 aliphatic carbocycles. The molecular formula is C20H16F6N4O3. The number of rotatable bonds is 5. The summed E-state index contributed by atoms with van der Waals surface area (Å²) in [6, 6.07) is 5.71. The van der Waals surface area contributed by atoms with Crippen LogP contribution >= 0.6 is 0 Å². The molecule has 1 amide bonds. The number of halogens is 6. The first kappa shape index (κ1) is 23.9. The van der Waals surface area contributed by atoms with Crippen LogP contribution in [0.5, 0.6) is 11.5 Å². The number of hydrogen-bond acceptors (Lipinski definition) is 5. The normalized spacial score (nSPS) is 11.9. The Balaban J connectivity index is 2.14. The highest BCUT2D eigenvalue weighted by molar-refractivity contribution is 6.05. The zero-order chi connectivity index (χ0) is 24.6. The second-order valence-electron chi connectivity index (χ2n) is 6.62. The fourth-order valence-corrected chi connectivity index (χ4v) is 3.17. The van der Waals surface area contributed by atoms with Crippen LogP contribution in [0.4, 0.5) is 32.0 Å². The molecule has 0 saturated carbocycles. The van der Waals surface area contributed by atoms with E-state index < -0.39 is 46.6 Å². The molecule has 0 unspecified atom stereocenters. The van der Waals surface area contributed by atoms with Crippen LogP contribution in [0, 0.1) is 0 Å². The Morgan fingerprint density at radius 1 is 1.03 bits per heavy atom. The summed E-state index contributed by atoms with van der Waals surface area (Å²) >= 11 is 0. The Bertz CT molecular complexity index is 1190. The first-order valence-corrected chi connectivity index (χ1v) is 9.08. The first-order valence-electron chi connectivity index (χ1n) is 9.08. The molecule has 0 atom stereocenters. The molecular weight excluding hydrogens is 458 g/mol. The van der Waals surface area contributed by atoms with E-state index in [1.54, 1.807) is 0 Å². The van der Waals surface area contributed by atoms with Gasteiger partial charge in [-0.1, -0.05) is 6.07 Å². The molecule has 176 valence electrons. The Kier molecular flexibility index (Phi) is 6.25. The van der Waals surface area contributed by atoms with E-state index in [0.29, 0.717) is 10.7 Å². The maximum Gasteiger partial charge on any atom is 0.433 e. The second kappa shape index (κ2) is 8.64. The minimum absolute atomic E-state index is 0.0421. The summed E-state index contributed by atoms with van der Waals surface area (Å²) in [7, 11) is 3.63. The molecule has 2 heterocycles. The van der Waals surface area contributed by atoms with E-state index in [0.717, 1.165) is 19.3 Å². The lowest BCUT2D eigenvalue weighted by atomic mass is 10.0. The molecule has 7 nitrogen and oxygen atoms in total. The summed E-state index contributed by atoms with van der Waals surface area (Å²) in [5.74, 6) is -1.22. The van der Waals surface area contributed by atoms with Crippen LogP contribution in [0.1, 0.15) is 21.7 Å². The number of methoxy groups -OCH3 is 2. The maximum atomic E-state index is 14.1. The van der Waals surface area contributed by atoms with Crippen LogP contribution < -0.4 is 14.8 Å². The summed E-state index contributed by atoms with van der Waals surface area (Å²) in [5, 5.41) is 5.90. The summed E-state index contributed by atoms with van der Waals surface area (Å²) in [6.07, 6.45) is -9.07. The summed E-state index contributed by atoms with van der Waals surface area (Å²) < 4.78 is 91.9. The molecule has 1 aromatic carbocycles. The van der Waals surface area contributed by atoms with Crippen LogP contribution in [0.25, 0.3) is 11.3 Å². The van der Waals surface area contributed by atoms with Gasteiger partial charge in [-0.05, 0) is 24.3 Å². The van der Waals surface area contributed by atoms with Crippen molar-refractivity contribution in [3.05, 3.63) is 53.5 Å². The van der Waals surface area contributed by atoms with Crippen molar-refractivity contribution in [1.82, 2.24) is 14.8 Å². The van der Waals surface area contributed by atoms with Crippen LogP contribution in [0.3, 0.4) is 0 Å². The molecule has 1 N–H and O–H groups in total. The summed E-state index contributed by atoms with van der Waals surface area (Å²) in [6.45, 7) is 0. The van der Waals surface area contributed by atoms with Gasteiger partial charge in [0.2, 0.25) is 0 Å². The number of aromatic nitrogens is 3. The van der Waals surface area contributed by atoms with Crippen molar-refractivity contribution in [2.75, 3.05) is 19.5 Å². The Morgan fingerprint density at radius 3 is 2.30 bits per heavy atom. The van der Waals surface area contributed by atoms with Crippen molar-refractivity contribution in [2.45, 2.75) is 12.4 Å². The van der Waals surface area contributed by atoms with Crippen LogP contribution in [0.15, 0.2) is 36.5 Å². The maximum absolute atomic E-state index is 14.1. The number of para-hydroxylation sites is 1. The third-order valence-corrected chi connectivity index (χ3v) is 4.51. The molecule has 0 radical (unpaired) electrons. The Hall–Kier alpha value is -3.77. The van der Waals surface area contributed by atoms with Gasteiger partial charge in [-0.15, -0.1) is 0 Å². The standard InChI is InChI=1S/C20H16F6N4O3/c1-30-16(18(31)28-10-7-8-27-13(9-10)19(21,22)23)14(20(24,25)26)15(29-30)11-5-4-6-12(32-2)17(11)33-3/h4-9H,1-3H3,(H,27,28,31). The number of aryl methyl sites for hydroxylation is 1. The number of ether oxygens (including phenoxy) is 2. The van der Waals surface area contributed by atoms with Crippen molar-refractivity contribution in [3.8, 4) is 22.8 Å². The number of anilines is 1. The number of nitrogens with zero attached hydrogens (tertiary/aromatic N) is 3. The third kappa shape index (κ3) is 4.71. The van der Waals surface area contributed by atoms with Gasteiger partial charge in [0.1, 0.15) is 22.6 Å². The van der Waals surface area contributed by atoms with E-state index in [9.17, 15) is 31.1 Å². The summed E-state index contributed by atoms with van der Waals surface area (Å²) in [4.78, 5) is 15.9. The van der Waals surface area contributed by atoms with Crippen LogP contribution in [-0.4, -0.2) is 34.9 Å². The zero-order valence-electron chi connectivity index (χ0n) is 17.3. The number of nitrogens with one attached hydrogen (secondary N) is 1. The number of amides is 1. The van der Waals surface area contributed by atoms with E-state index in [-0.39, 0.29) is 17.1 Å². The van der Waals surface area contributed by atoms with Crippen LogP contribution in [-0.2, 0) is 19.4 Å². The molecule has 3 rings (SSSR count). The van der Waals surface area contributed by atoms with Crippen LogP contribution in [0.2, 0.25) is 0 Å². The number of hydrogen-bond donors (Lipinski definition) is 1. The molecule has 2 aromatic heterocycles. The predicted molar refractivity (Wildman–Crippen MR) is 104 cm³/mol. The number of benzene rings is 1. The van der Waals surface area contributed by atoms with Crippen molar-refractivity contribution in [1.29, 1.82) is 0 Å². The molecule has 0 spiro atoms. The first-order chi connectivity index (χ1) is 15.4. The highest BCUT2D eigenvalue weighted by Gasteiger charge is 2.43. The van der Waals surface area contributed by atoms with Crippen molar-refractivity contribution < 1.29 is 40.6 Å². The van der Waals surface area contributed by atoms with E-state index in [4.69, 9.17) is 9.47 Å². The molecule has 3 aromatic rings. The topological polar surface area (TPSA) is 78.3 Å². The fraction of sp³-hybridized carbons (Fsp3) is 0.250. The Labute approximate surface area is 182 Å². The van der Waals surface area contributed by atoms with Gasteiger partial charge >= 0.3 is 12.4 Å². The molecule has 0 aliphatic rings. The average molecular weight is 474 g/mol. The summed E-state index contributed by atoms with van der Waals surface area (Å²) in [5.41, 5.74) is -4.72. The highest BCUT2D eigenvalue weighted by atomic mass is 19.4. The SMILES string of the molecule is COc1cccc(-c2nn(C)c(C(=O)Nc3ccnc(C(F)(F)F)c3)c2C(F)(F)F)c1OC. The van der Waals surface area contributed by atoms with Gasteiger partial charge in [0.25, 0.3) is 5.91 Å². The van der Waals surface area contributed by atoms with E-state index >= 15 is 0 Å². The van der Waals surface area contributed by atoms with Crippen molar-refractivity contribution in [2.24, 2.45) is 7.05 Å². The minimum atomic E-state index is -5.04. The van der Waals surface area contributed by atoms with Gasteiger partial charge in [0.05, 0.1) is 14.2 Å². The van der Waals surface area contributed by atoms with Gasteiger partial charge in [-0.25, -0.2) is 0 Å². The quantitative estimate of drug-likeness (QED) is 0.538. The molecule has 33 heavy (non-hydrogen) atoms. The Morgan fingerprint density at radius 2 is 1.73 bits per heavy atom. The zero-order valence-corrected chi connectivity index (χ0v) is 17.3. The lowest BCUT2D eigenvalue weighted by Gasteiger charge is -2.14. The molecule has 0 fully saturated rings. The number of carbonyl (C=O) groups is 1. The van der Waals surface area contributed by atoms with E-state index in [1.807, 2.05) is 5.32 Å². The minimum Gasteiger partial charge on any atom is -0.493 e. The number of alkyl halides is 6. The molecule has 0 saturated heterocycles. The third-order valence-electron chi connectivity index (χ3n) is 4.51. The van der Waals surface area contributed by atoms with Gasteiger partial charge in [0.15, 0.2) is 11.5 Å². The lowest BCUT2D eigenvalue weighted by molar-refractivity contribution is -0.141. The number of pyridine rings is 1. The molecule has 0 aliphatic heterocycles. The van der Waals surface area contributed by atoms with Crippen molar-refractivity contribution >= 4 is 11.6 Å². The number of carbonyl (C=O) groups excluding carboxylic acids is 1. The largest absolute Gasteiger partial charge is 0.493 e. The fourth-order valence-electron chi connectivity index (χ4n) is 3.17.